The van der Waals surface area contributed by atoms with E-state index < -0.39 is 0 Å². The lowest BCUT2D eigenvalue weighted by Gasteiger charge is -2.18. The minimum atomic E-state index is 0.212. The highest BCUT2D eigenvalue weighted by molar-refractivity contribution is 5.45. The van der Waals surface area contributed by atoms with Crippen LogP contribution in [-0.4, -0.2) is 60.4 Å². The molecule has 128 valence electrons. The van der Waals surface area contributed by atoms with E-state index in [9.17, 15) is 0 Å². The van der Waals surface area contributed by atoms with Crippen LogP contribution in [0, 0.1) is 0 Å². The average Bonchev–Trinajstić information content (AvgIpc) is 3.09. The first kappa shape index (κ1) is 16.0. The van der Waals surface area contributed by atoms with E-state index in [4.69, 9.17) is 14.2 Å². The van der Waals surface area contributed by atoms with Crippen molar-refractivity contribution in [3.63, 3.8) is 0 Å². The van der Waals surface area contributed by atoms with Gasteiger partial charge in [0.15, 0.2) is 0 Å². The Bertz CT molecular complexity index is 676. The topological polar surface area (TPSA) is 94.5 Å². The second-order valence-electron chi connectivity index (χ2n) is 5.25. The van der Waals surface area contributed by atoms with Gasteiger partial charge in [0.2, 0.25) is 17.7 Å². The molecule has 9 heteroatoms. The predicted molar refractivity (Wildman–Crippen MR) is 88.0 cm³/mol. The quantitative estimate of drug-likeness (QED) is 0.830. The van der Waals surface area contributed by atoms with E-state index in [2.05, 4.69) is 30.2 Å². The second-order valence-corrected chi connectivity index (χ2v) is 5.25. The van der Waals surface area contributed by atoms with Crippen LogP contribution in [0.1, 0.15) is 6.42 Å². The molecule has 0 aromatic carbocycles. The monoisotopic (exact) mass is 332 g/mol. The lowest BCUT2D eigenvalue weighted by molar-refractivity contribution is 0.352. The van der Waals surface area contributed by atoms with Crippen molar-refractivity contribution in [2.24, 2.45) is 0 Å². The first-order valence-electron chi connectivity index (χ1n) is 7.57. The van der Waals surface area contributed by atoms with Crippen molar-refractivity contribution in [3.8, 4) is 17.8 Å². The fraction of sp³-hybridized carbons (Fsp3) is 0.467. The number of rotatable bonds is 6. The van der Waals surface area contributed by atoms with Gasteiger partial charge in [0.25, 0.3) is 0 Å². The molecule has 0 saturated carbocycles. The number of nitrogens with one attached hydrogen (secondary N) is 1. The molecule has 0 spiro atoms. The van der Waals surface area contributed by atoms with Crippen molar-refractivity contribution in [2.75, 3.05) is 44.6 Å². The zero-order valence-corrected chi connectivity index (χ0v) is 13.9. The van der Waals surface area contributed by atoms with Crippen molar-refractivity contribution < 1.29 is 14.2 Å². The van der Waals surface area contributed by atoms with E-state index in [1.807, 2.05) is 0 Å². The molecule has 1 fully saturated rings. The Morgan fingerprint density at radius 3 is 2.67 bits per heavy atom. The van der Waals surface area contributed by atoms with Crippen LogP contribution in [0.5, 0.6) is 17.8 Å². The molecule has 0 radical (unpaired) electrons. The molecule has 1 N–H and O–H groups in total. The van der Waals surface area contributed by atoms with Crippen LogP contribution in [0.3, 0.4) is 0 Å². The van der Waals surface area contributed by atoms with Gasteiger partial charge >= 0.3 is 6.01 Å². The molecule has 0 bridgehead atoms. The molecule has 1 aliphatic rings. The van der Waals surface area contributed by atoms with Gasteiger partial charge in [-0.1, -0.05) is 0 Å². The molecule has 2 aromatic heterocycles. The minimum Gasteiger partial charge on any atom is -0.481 e. The van der Waals surface area contributed by atoms with E-state index in [0.717, 1.165) is 25.3 Å². The molecule has 3 rings (SSSR count). The summed E-state index contributed by atoms with van der Waals surface area (Å²) in [7, 11) is 4.69. The van der Waals surface area contributed by atoms with E-state index in [0.29, 0.717) is 17.7 Å². The molecular weight excluding hydrogens is 312 g/mol. The molecule has 3 heterocycles. The van der Waals surface area contributed by atoms with Gasteiger partial charge in [-0.25, -0.2) is 4.98 Å². The lowest BCUT2D eigenvalue weighted by Crippen LogP contribution is -2.27. The van der Waals surface area contributed by atoms with E-state index in [1.165, 1.54) is 7.11 Å². The number of nitrogens with zero attached hydrogens (tertiary/aromatic N) is 5. The highest BCUT2D eigenvalue weighted by atomic mass is 16.5. The summed E-state index contributed by atoms with van der Waals surface area (Å²) in [5, 5.41) is 3.32. The van der Waals surface area contributed by atoms with E-state index in [-0.39, 0.29) is 12.1 Å². The Kier molecular flexibility index (Phi) is 4.78. The third-order valence-corrected chi connectivity index (χ3v) is 3.74. The largest absolute Gasteiger partial charge is 0.481 e. The molecule has 0 aliphatic carbocycles. The summed E-state index contributed by atoms with van der Waals surface area (Å²) in [6.45, 7) is 1.62. The van der Waals surface area contributed by atoms with Crippen LogP contribution >= 0.6 is 0 Å². The van der Waals surface area contributed by atoms with Crippen molar-refractivity contribution in [2.45, 2.75) is 12.5 Å². The first-order chi connectivity index (χ1) is 11.7. The van der Waals surface area contributed by atoms with Gasteiger partial charge in [-0.15, -0.1) is 0 Å². The van der Waals surface area contributed by atoms with Crippen LogP contribution < -0.4 is 24.4 Å². The summed E-state index contributed by atoms with van der Waals surface area (Å²) in [5.74, 6) is 2.34. The smallest absolute Gasteiger partial charge is 0.321 e. The standard InChI is InChI=1S/C15H20N6O3/c1-22-12-4-6-16-14(19-12)17-10-5-7-21(9-10)11-8-13(23-2)20-15(18-11)24-3/h4,6,8,10H,5,7,9H2,1-3H3,(H,16,17,19). The van der Waals surface area contributed by atoms with Crippen molar-refractivity contribution in [1.29, 1.82) is 0 Å². The Labute approximate surface area is 140 Å². The summed E-state index contributed by atoms with van der Waals surface area (Å²) >= 11 is 0. The summed E-state index contributed by atoms with van der Waals surface area (Å²) in [6, 6.07) is 4.01. The Balaban J connectivity index is 1.68. The molecule has 24 heavy (non-hydrogen) atoms. The number of hydrogen-bond acceptors (Lipinski definition) is 9. The number of aromatic nitrogens is 4. The molecule has 1 unspecified atom stereocenters. The number of methoxy groups -OCH3 is 3. The van der Waals surface area contributed by atoms with Gasteiger partial charge in [-0.3, -0.25) is 0 Å². The van der Waals surface area contributed by atoms with Gasteiger partial charge in [0, 0.05) is 37.5 Å². The molecule has 1 atom stereocenters. The zero-order chi connectivity index (χ0) is 16.9. The van der Waals surface area contributed by atoms with Crippen molar-refractivity contribution >= 4 is 11.8 Å². The fourth-order valence-corrected chi connectivity index (χ4v) is 2.54. The van der Waals surface area contributed by atoms with Crippen LogP contribution in [0.2, 0.25) is 0 Å². The average molecular weight is 332 g/mol. The molecular formula is C15H20N6O3. The maximum Gasteiger partial charge on any atom is 0.321 e. The molecule has 1 aliphatic heterocycles. The van der Waals surface area contributed by atoms with Crippen LogP contribution in [0.15, 0.2) is 18.3 Å². The third-order valence-electron chi connectivity index (χ3n) is 3.74. The maximum absolute atomic E-state index is 5.20. The second kappa shape index (κ2) is 7.16. The van der Waals surface area contributed by atoms with Gasteiger partial charge in [0.05, 0.1) is 21.3 Å². The van der Waals surface area contributed by atoms with Gasteiger partial charge in [0.1, 0.15) is 5.82 Å². The van der Waals surface area contributed by atoms with Crippen LogP contribution in [-0.2, 0) is 0 Å². The minimum absolute atomic E-state index is 0.212. The van der Waals surface area contributed by atoms with Crippen molar-refractivity contribution in [1.82, 2.24) is 19.9 Å². The molecule has 2 aromatic rings. The van der Waals surface area contributed by atoms with Gasteiger partial charge in [-0.2, -0.15) is 15.0 Å². The number of anilines is 2. The SMILES string of the molecule is COc1ccnc(NC2CCN(c3cc(OC)nc(OC)n3)C2)n1. The Morgan fingerprint density at radius 1 is 1.08 bits per heavy atom. The lowest BCUT2D eigenvalue weighted by atomic mass is 10.3. The van der Waals surface area contributed by atoms with Gasteiger partial charge in [-0.05, 0) is 6.42 Å². The summed E-state index contributed by atoms with van der Waals surface area (Å²) in [6.07, 6.45) is 2.61. The van der Waals surface area contributed by atoms with E-state index >= 15 is 0 Å². The molecule has 0 amide bonds. The Hall–Kier alpha value is -2.84. The fourth-order valence-electron chi connectivity index (χ4n) is 2.54. The van der Waals surface area contributed by atoms with Crippen LogP contribution in [0.25, 0.3) is 0 Å². The predicted octanol–water partition coefficient (Wildman–Crippen LogP) is 0.983. The Morgan fingerprint density at radius 2 is 1.92 bits per heavy atom. The van der Waals surface area contributed by atoms with Crippen LogP contribution in [0.4, 0.5) is 11.8 Å². The first-order valence-corrected chi connectivity index (χ1v) is 7.57. The maximum atomic E-state index is 5.20. The normalized spacial score (nSPS) is 16.8. The summed E-state index contributed by atoms with van der Waals surface area (Å²) < 4.78 is 15.4. The van der Waals surface area contributed by atoms with Crippen molar-refractivity contribution in [3.05, 3.63) is 18.3 Å². The highest BCUT2D eigenvalue weighted by Crippen LogP contribution is 2.25. The number of ether oxygens (including phenoxy) is 3. The third kappa shape index (κ3) is 3.55. The van der Waals surface area contributed by atoms with E-state index in [1.54, 1.807) is 32.5 Å². The zero-order valence-electron chi connectivity index (χ0n) is 13.9. The number of hydrogen-bond donors (Lipinski definition) is 1. The van der Waals surface area contributed by atoms with Gasteiger partial charge < -0.3 is 24.4 Å². The highest BCUT2D eigenvalue weighted by Gasteiger charge is 2.25. The summed E-state index contributed by atoms with van der Waals surface area (Å²) in [4.78, 5) is 19.1. The molecule has 1 saturated heterocycles. The summed E-state index contributed by atoms with van der Waals surface area (Å²) in [5.41, 5.74) is 0. The molecule has 9 nitrogen and oxygen atoms in total.